The summed E-state index contributed by atoms with van der Waals surface area (Å²) in [6, 6.07) is 1.88. The van der Waals surface area contributed by atoms with Crippen LogP contribution in [0.3, 0.4) is 0 Å². The van der Waals surface area contributed by atoms with Crippen LogP contribution in [0.1, 0.15) is 25.8 Å². The first kappa shape index (κ1) is 12.8. The first-order valence-electron chi connectivity index (χ1n) is 6.12. The second-order valence-electron chi connectivity index (χ2n) is 4.78. The molecule has 2 aromatic rings. The van der Waals surface area contributed by atoms with Gasteiger partial charge in [-0.05, 0) is 54.0 Å². The minimum atomic E-state index is -0.365. The van der Waals surface area contributed by atoms with Gasteiger partial charge in [-0.15, -0.1) is 0 Å². The van der Waals surface area contributed by atoms with E-state index in [9.17, 15) is 4.79 Å². The number of nitrogens with zero attached hydrogens (tertiary/aromatic N) is 2. The van der Waals surface area contributed by atoms with Crippen molar-refractivity contribution in [2.45, 2.75) is 31.8 Å². The molecule has 0 saturated heterocycles. The van der Waals surface area contributed by atoms with E-state index in [1.54, 1.807) is 10.8 Å². The average molecular weight is 341 g/mol. The third-order valence-corrected chi connectivity index (χ3v) is 3.94. The zero-order valence-corrected chi connectivity index (χ0v) is 12.7. The molecule has 5 nitrogen and oxygen atoms in total. The molecule has 0 aromatic carbocycles. The summed E-state index contributed by atoms with van der Waals surface area (Å²) in [5, 5.41) is 2.99. The summed E-state index contributed by atoms with van der Waals surface area (Å²) in [5.41, 5.74) is 1.53. The quantitative estimate of drug-likeness (QED) is 0.844. The molecule has 1 amide bonds. The minimum Gasteiger partial charge on any atom is -0.352 e. The monoisotopic (exact) mass is 340 g/mol. The zero-order chi connectivity index (χ0) is 13.6. The predicted molar refractivity (Wildman–Crippen MR) is 78.5 cm³/mol. The van der Waals surface area contributed by atoms with Gasteiger partial charge in [0.15, 0.2) is 10.4 Å². The molecule has 2 aromatic heterocycles. The molecule has 1 saturated carbocycles. The Labute approximate surface area is 123 Å². The molecular weight excluding hydrogens is 328 g/mol. The Morgan fingerprint density at radius 1 is 1.68 bits per heavy atom. The fourth-order valence-corrected chi connectivity index (χ4v) is 2.70. The van der Waals surface area contributed by atoms with Crippen molar-refractivity contribution < 1.29 is 4.79 Å². The summed E-state index contributed by atoms with van der Waals surface area (Å²) < 4.78 is 3.15. The maximum absolute atomic E-state index is 12.1. The van der Waals surface area contributed by atoms with Crippen LogP contribution in [-0.2, 0) is 4.79 Å². The van der Waals surface area contributed by atoms with E-state index in [-0.39, 0.29) is 11.9 Å². The van der Waals surface area contributed by atoms with Crippen molar-refractivity contribution in [1.82, 2.24) is 19.9 Å². The van der Waals surface area contributed by atoms with Crippen LogP contribution in [0, 0.1) is 4.77 Å². The van der Waals surface area contributed by atoms with Crippen molar-refractivity contribution >= 4 is 45.2 Å². The highest BCUT2D eigenvalue weighted by atomic mass is 79.9. The lowest BCUT2D eigenvalue weighted by molar-refractivity contribution is -0.123. The maximum Gasteiger partial charge on any atom is 0.243 e. The van der Waals surface area contributed by atoms with Crippen LogP contribution in [0.25, 0.3) is 11.2 Å². The number of hydrogen-bond donors (Lipinski definition) is 2. The van der Waals surface area contributed by atoms with Crippen molar-refractivity contribution in [3.63, 3.8) is 0 Å². The second-order valence-corrected chi connectivity index (χ2v) is 6.09. The molecule has 7 heteroatoms. The van der Waals surface area contributed by atoms with Gasteiger partial charge in [0.25, 0.3) is 0 Å². The van der Waals surface area contributed by atoms with Gasteiger partial charge in [0, 0.05) is 16.7 Å². The number of aromatic nitrogens is 3. The SMILES string of the molecule is CC(C(=O)NC1CC1)n1c(=S)[nH]c2cc(Br)cnc21. The van der Waals surface area contributed by atoms with Gasteiger partial charge < -0.3 is 10.3 Å². The van der Waals surface area contributed by atoms with Crippen LogP contribution in [0.5, 0.6) is 0 Å². The molecule has 2 N–H and O–H groups in total. The number of carbonyl (C=O) groups is 1. The molecule has 1 aliphatic rings. The van der Waals surface area contributed by atoms with E-state index in [0.717, 1.165) is 22.8 Å². The maximum atomic E-state index is 12.1. The summed E-state index contributed by atoms with van der Waals surface area (Å²) in [5.74, 6) is -0.00998. The number of hydrogen-bond acceptors (Lipinski definition) is 3. The van der Waals surface area contributed by atoms with Crippen molar-refractivity contribution in [3.05, 3.63) is 21.5 Å². The van der Waals surface area contributed by atoms with Crippen LogP contribution >= 0.6 is 28.1 Å². The number of halogens is 1. The largest absolute Gasteiger partial charge is 0.352 e. The molecule has 2 heterocycles. The van der Waals surface area contributed by atoms with Gasteiger partial charge in [-0.3, -0.25) is 9.36 Å². The highest BCUT2D eigenvalue weighted by Crippen LogP contribution is 2.23. The number of imidazole rings is 1. The highest BCUT2D eigenvalue weighted by molar-refractivity contribution is 9.10. The van der Waals surface area contributed by atoms with Crippen LogP contribution in [0.4, 0.5) is 0 Å². The molecule has 100 valence electrons. The third-order valence-electron chi connectivity index (χ3n) is 3.21. The van der Waals surface area contributed by atoms with Crippen LogP contribution in [0.2, 0.25) is 0 Å². The average Bonchev–Trinajstić information content (AvgIpc) is 3.10. The summed E-state index contributed by atoms with van der Waals surface area (Å²) in [6.45, 7) is 1.84. The van der Waals surface area contributed by atoms with Gasteiger partial charge in [0.1, 0.15) is 6.04 Å². The fraction of sp³-hybridized carbons (Fsp3) is 0.417. The van der Waals surface area contributed by atoms with Crippen molar-refractivity contribution in [1.29, 1.82) is 0 Å². The topological polar surface area (TPSA) is 62.7 Å². The Morgan fingerprint density at radius 2 is 2.42 bits per heavy atom. The molecule has 19 heavy (non-hydrogen) atoms. The van der Waals surface area contributed by atoms with E-state index < -0.39 is 0 Å². The van der Waals surface area contributed by atoms with Gasteiger partial charge in [-0.2, -0.15) is 0 Å². The minimum absolute atomic E-state index is 0.00998. The number of rotatable bonds is 3. The Balaban J connectivity index is 2.01. The van der Waals surface area contributed by atoms with Crippen molar-refractivity contribution in [3.8, 4) is 0 Å². The second kappa shape index (κ2) is 4.72. The first-order valence-corrected chi connectivity index (χ1v) is 7.32. The molecule has 0 aliphatic heterocycles. The molecule has 1 unspecified atom stereocenters. The van der Waals surface area contributed by atoms with Gasteiger partial charge in [-0.1, -0.05) is 0 Å². The van der Waals surface area contributed by atoms with E-state index in [1.165, 1.54) is 0 Å². The lowest BCUT2D eigenvalue weighted by atomic mass is 10.3. The van der Waals surface area contributed by atoms with Crippen molar-refractivity contribution in [2.24, 2.45) is 0 Å². The Kier molecular flexibility index (Phi) is 3.18. The predicted octanol–water partition coefficient (Wildman–Crippen LogP) is 2.70. The number of nitrogens with one attached hydrogen (secondary N) is 2. The fourth-order valence-electron chi connectivity index (χ4n) is 2.01. The summed E-state index contributed by atoms with van der Waals surface area (Å²) in [6.07, 6.45) is 3.85. The molecule has 0 spiro atoms. The molecule has 0 bridgehead atoms. The van der Waals surface area contributed by atoms with Gasteiger partial charge in [0.2, 0.25) is 5.91 Å². The first-order chi connectivity index (χ1) is 9.06. The Morgan fingerprint density at radius 3 is 3.11 bits per heavy atom. The van der Waals surface area contributed by atoms with Crippen molar-refractivity contribution in [2.75, 3.05) is 0 Å². The molecule has 0 radical (unpaired) electrons. The molecule has 3 rings (SSSR count). The molecular formula is C12H13BrN4OS. The number of pyridine rings is 1. The van der Waals surface area contributed by atoms with E-state index in [4.69, 9.17) is 12.2 Å². The molecule has 1 aliphatic carbocycles. The summed E-state index contributed by atoms with van der Waals surface area (Å²) in [4.78, 5) is 19.5. The van der Waals surface area contributed by atoms with Crippen LogP contribution < -0.4 is 5.32 Å². The van der Waals surface area contributed by atoms with Gasteiger partial charge >= 0.3 is 0 Å². The summed E-state index contributed by atoms with van der Waals surface area (Å²) in [7, 11) is 0. The van der Waals surface area contributed by atoms with E-state index in [2.05, 4.69) is 31.2 Å². The Bertz CT molecular complexity index is 703. The molecule has 1 atom stereocenters. The number of fused-ring (bicyclic) bond motifs is 1. The number of aromatic amines is 1. The van der Waals surface area contributed by atoms with Gasteiger partial charge in [0.05, 0.1) is 5.52 Å². The summed E-state index contributed by atoms with van der Waals surface area (Å²) >= 11 is 8.66. The van der Waals surface area contributed by atoms with Gasteiger partial charge in [-0.25, -0.2) is 4.98 Å². The van der Waals surface area contributed by atoms with E-state index in [0.29, 0.717) is 16.5 Å². The number of carbonyl (C=O) groups excluding carboxylic acids is 1. The normalized spacial score (nSPS) is 16.5. The van der Waals surface area contributed by atoms with Crippen LogP contribution in [-0.4, -0.2) is 26.5 Å². The number of H-pyrrole nitrogens is 1. The van der Waals surface area contributed by atoms with E-state index >= 15 is 0 Å². The smallest absolute Gasteiger partial charge is 0.243 e. The van der Waals surface area contributed by atoms with E-state index in [1.807, 2.05) is 13.0 Å². The highest BCUT2D eigenvalue weighted by Gasteiger charge is 2.27. The lowest BCUT2D eigenvalue weighted by Crippen LogP contribution is -2.32. The lowest BCUT2D eigenvalue weighted by Gasteiger charge is -2.13. The third kappa shape index (κ3) is 2.44. The molecule has 1 fully saturated rings. The number of amides is 1. The zero-order valence-electron chi connectivity index (χ0n) is 10.3. The Hall–Kier alpha value is -1.21. The standard InChI is InChI=1S/C12H13BrN4OS/c1-6(11(18)15-8-2-3-8)17-10-9(16-12(17)19)4-7(13)5-14-10/h4-6,8H,2-3H2,1H3,(H,15,18)(H,16,19). The van der Waals surface area contributed by atoms with Crippen LogP contribution in [0.15, 0.2) is 16.7 Å².